The first-order chi connectivity index (χ1) is 12.2. The third kappa shape index (κ3) is 3.85. The van der Waals surface area contributed by atoms with Crippen LogP contribution in [0.3, 0.4) is 0 Å². The van der Waals surface area contributed by atoms with E-state index in [0.29, 0.717) is 11.3 Å². The van der Waals surface area contributed by atoms with E-state index in [1.165, 1.54) is 0 Å². The molecule has 2 heterocycles. The molecular formula is C19H31N3O2S. The molecule has 2 aliphatic heterocycles. The predicted octanol–water partition coefficient (Wildman–Crippen LogP) is 1.63. The van der Waals surface area contributed by atoms with Crippen LogP contribution in [-0.2, 0) is 9.59 Å². The van der Waals surface area contributed by atoms with Crippen molar-refractivity contribution in [2.75, 3.05) is 37.7 Å². The average Bonchev–Trinajstić information content (AvgIpc) is 3.36. The Labute approximate surface area is 155 Å². The van der Waals surface area contributed by atoms with Crippen molar-refractivity contribution in [3.8, 4) is 0 Å². The molecule has 5 nitrogen and oxygen atoms in total. The van der Waals surface area contributed by atoms with Gasteiger partial charge in [-0.15, -0.1) is 0 Å². The number of nitrogens with one attached hydrogen (secondary N) is 2. The van der Waals surface area contributed by atoms with E-state index in [2.05, 4.69) is 15.5 Å². The van der Waals surface area contributed by atoms with E-state index in [1.54, 1.807) is 0 Å². The van der Waals surface area contributed by atoms with Crippen LogP contribution < -0.4 is 10.6 Å². The number of carbonyl (C=O) groups is 2. The van der Waals surface area contributed by atoms with Crippen molar-refractivity contribution in [3.05, 3.63) is 0 Å². The van der Waals surface area contributed by atoms with Crippen LogP contribution in [0, 0.1) is 17.3 Å². The molecule has 4 fully saturated rings. The molecule has 6 heteroatoms. The van der Waals surface area contributed by atoms with E-state index in [-0.39, 0.29) is 23.8 Å². The second kappa shape index (κ2) is 7.47. The molecule has 0 bridgehead atoms. The highest BCUT2D eigenvalue weighted by Gasteiger charge is 2.57. The van der Waals surface area contributed by atoms with Crippen molar-refractivity contribution in [3.63, 3.8) is 0 Å². The zero-order valence-corrected chi connectivity index (χ0v) is 15.9. The lowest BCUT2D eigenvalue weighted by Gasteiger charge is -2.34. The first kappa shape index (κ1) is 17.7. The Morgan fingerprint density at radius 3 is 2.40 bits per heavy atom. The third-order valence-electron chi connectivity index (χ3n) is 6.85. The highest BCUT2D eigenvalue weighted by atomic mass is 32.2. The van der Waals surface area contributed by atoms with Crippen molar-refractivity contribution in [1.82, 2.24) is 15.5 Å². The molecule has 140 valence electrons. The maximum Gasteiger partial charge on any atom is 0.225 e. The molecule has 0 aromatic rings. The summed E-state index contributed by atoms with van der Waals surface area (Å²) in [5, 5.41) is 6.70. The summed E-state index contributed by atoms with van der Waals surface area (Å²) in [4.78, 5) is 27.3. The summed E-state index contributed by atoms with van der Waals surface area (Å²) in [5.41, 5.74) is 0.314. The van der Waals surface area contributed by atoms with Gasteiger partial charge >= 0.3 is 0 Å². The lowest BCUT2D eigenvalue weighted by Crippen LogP contribution is -2.45. The van der Waals surface area contributed by atoms with Crippen LogP contribution in [0.25, 0.3) is 0 Å². The molecular weight excluding hydrogens is 334 g/mol. The molecule has 4 rings (SSSR count). The largest absolute Gasteiger partial charge is 0.353 e. The Hall–Kier alpha value is -0.750. The second-order valence-electron chi connectivity index (χ2n) is 8.36. The lowest BCUT2D eigenvalue weighted by atomic mass is 9.84. The number of piperidine rings is 1. The quantitative estimate of drug-likeness (QED) is 0.798. The second-order valence-corrected chi connectivity index (χ2v) is 9.59. The van der Waals surface area contributed by atoms with Gasteiger partial charge in [0.05, 0.1) is 0 Å². The van der Waals surface area contributed by atoms with Gasteiger partial charge in [0.2, 0.25) is 11.8 Å². The van der Waals surface area contributed by atoms with E-state index in [9.17, 15) is 9.59 Å². The van der Waals surface area contributed by atoms with E-state index in [4.69, 9.17) is 0 Å². The van der Waals surface area contributed by atoms with Gasteiger partial charge in [-0.2, -0.15) is 11.8 Å². The molecule has 25 heavy (non-hydrogen) atoms. The van der Waals surface area contributed by atoms with Gasteiger partial charge in [-0.3, -0.25) is 9.59 Å². The molecule has 2 aliphatic carbocycles. The Morgan fingerprint density at radius 2 is 1.72 bits per heavy atom. The van der Waals surface area contributed by atoms with Gasteiger partial charge in [0.15, 0.2) is 0 Å². The number of rotatable bonds is 3. The van der Waals surface area contributed by atoms with Crippen LogP contribution in [0.2, 0.25) is 0 Å². The maximum absolute atomic E-state index is 12.6. The molecule has 2 amide bonds. The van der Waals surface area contributed by atoms with Crippen LogP contribution >= 0.6 is 11.8 Å². The number of amides is 2. The maximum atomic E-state index is 12.6. The first-order valence-electron chi connectivity index (χ1n) is 10.1. The Bertz CT molecular complexity index is 507. The lowest BCUT2D eigenvalue weighted by molar-refractivity contribution is -0.136. The topological polar surface area (TPSA) is 61.4 Å². The fraction of sp³-hybridized carbons (Fsp3) is 0.895. The van der Waals surface area contributed by atoms with Gasteiger partial charge in [-0.1, -0.05) is 0 Å². The van der Waals surface area contributed by atoms with E-state index in [1.807, 2.05) is 11.8 Å². The molecule has 0 radical (unpaired) electrons. The Kier molecular flexibility index (Phi) is 5.28. The summed E-state index contributed by atoms with van der Waals surface area (Å²) in [5.74, 6) is 3.24. The van der Waals surface area contributed by atoms with Gasteiger partial charge in [0.1, 0.15) is 0 Å². The van der Waals surface area contributed by atoms with Crippen molar-refractivity contribution in [2.45, 2.75) is 51.0 Å². The van der Waals surface area contributed by atoms with E-state index < -0.39 is 0 Å². The summed E-state index contributed by atoms with van der Waals surface area (Å²) in [7, 11) is 0. The van der Waals surface area contributed by atoms with Gasteiger partial charge < -0.3 is 15.5 Å². The number of hydrogen-bond donors (Lipinski definition) is 2. The number of carbonyl (C=O) groups excluding carboxylic acids is 2. The van der Waals surface area contributed by atoms with Crippen molar-refractivity contribution < 1.29 is 9.59 Å². The monoisotopic (exact) mass is 365 g/mol. The van der Waals surface area contributed by atoms with E-state index >= 15 is 0 Å². The molecule has 2 saturated carbocycles. The molecule has 4 aliphatic rings. The predicted molar refractivity (Wildman–Crippen MR) is 100 cm³/mol. The minimum atomic E-state index is 0.188. The number of hydrogen-bond acceptors (Lipinski definition) is 4. The highest BCUT2D eigenvalue weighted by Crippen LogP contribution is 2.58. The third-order valence-corrected chi connectivity index (χ3v) is 7.79. The fourth-order valence-corrected chi connectivity index (χ4v) is 5.93. The Morgan fingerprint density at radius 1 is 1.04 bits per heavy atom. The minimum absolute atomic E-state index is 0.188. The van der Waals surface area contributed by atoms with E-state index in [0.717, 1.165) is 82.6 Å². The minimum Gasteiger partial charge on any atom is -0.353 e. The van der Waals surface area contributed by atoms with Crippen molar-refractivity contribution >= 4 is 23.6 Å². The fourth-order valence-electron chi connectivity index (χ4n) is 5.02. The summed E-state index contributed by atoms with van der Waals surface area (Å²) >= 11 is 1.94. The molecule has 2 saturated heterocycles. The number of nitrogens with zero attached hydrogens (tertiary/aromatic N) is 1. The zero-order chi connectivity index (χ0) is 17.3. The van der Waals surface area contributed by atoms with Crippen LogP contribution in [0.5, 0.6) is 0 Å². The van der Waals surface area contributed by atoms with Crippen LogP contribution in [0.15, 0.2) is 0 Å². The van der Waals surface area contributed by atoms with Crippen LogP contribution in [0.4, 0.5) is 0 Å². The van der Waals surface area contributed by atoms with Crippen LogP contribution in [-0.4, -0.2) is 60.4 Å². The Balaban J connectivity index is 1.21. The first-order valence-corrected chi connectivity index (χ1v) is 11.2. The van der Waals surface area contributed by atoms with Crippen molar-refractivity contribution in [2.24, 2.45) is 17.3 Å². The molecule has 0 aromatic carbocycles. The van der Waals surface area contributed by atoms with Crippen LogP contribution in [0.1, 0.15) is 44.9 Å². The summed E-state index contributed by atoms with van der Waals surface area (Å²) < 4.78 is 0. The normalized spacial score (nSPS) is 34.6. The molecule has 1 unspecified atom stereocenters. The summed E-state index contributed by atoms with van der Waals surface area (Å²) in [6.45, 7) is 3.95. The number of thioether (sulfide) groups is 1. The zero-order valence-electron chi connectivity index (χ0n) is 15.1. The van der Waals surface area contributed by atoms with Crippen molar-refractivity contribution in [1.29, 1.82) is 0 Å². The SMILES string of the molecule is O=C(NC1CCC(C(=O)N2CCSCC2)CC1)C1CC12CCNCC2. The van der Waals surface area contributed by atoms with Gasteiger partial charge in [-0.25, -0.2) is 0 Å². The van der Waals surface area contributed by atoms with Gasteiger partial charge in [0.25, 0.3) is 0 Å². The summed E-state index contributed by atoms with van der Waals surface area (Å²) in [6.07, 6.45) is 7.19. The average molecular weight is 366 g/mol. The standard InChI is InChI=1S/C19H31N3O2S/c23-17(16-13-19(16)5-7-20-8-6-19)21-15-3-1-14(2-4-15)18(24)22-9-11-25-12-10-22/h14-16,20H,1-13H2,(H,21,23). The molecule has 2 N–H and O–H groups in total. The molecule has 1 atom stereocenters. The van der Waals surface area contributed by atoms with Gasteiger partial charge in [0, 0.05) is 42.5 Å². The van der Waals surface area contributed by atoms with Gasteiger partial charge in [-0.05, 0) is 63.5 Å². The molecule has 1 spiro atoms. The molecule has 0 aromatic heterocycles. The summed E-state index contributed by atoms with van der Waals surface area (Å²) in [6, 6.07) is 0.285. The smallest absolute Gasteiger partial charge is 0.225 e. The highest BCUT2D eigenvalue weighted by molar-refractivity contribution is 7.99.